The average Bonchev–Trinajstić information content (AvgIpc) is 3.31. The van der Waals surface area contributed by atoms with E-state index in [1.165, 1.54) is 16.7 Å². The predicted octanol–water partition coefficient (Wildman–Crippen LogP) is 7.02. The molecule has 0 aliphatic heterocycles. The molecule has 0 aliphatic carbocycles. The summed E-state index contributed by atoms with van der Waals surface area (Å²) in [6, 6.07) is 38.9. The van der Waals surface area contributed by atoms with Gasteiger partial charge in [-0.2, -0.15) is 0 Å². The summed E-state index contributed by atoms with van der Waals surface area (Å²) in [6.45, 7) is 0.586. The fourth-order valence-electron chi connectivity index (χ4n) is 4.61. The van der Waals surface area contributed by atoms with E-state index in [0.717, 1.165) is 39.6 Å². The molecule has 36 heavy (non-hydrogen) atoms. The molecule has 0 aliphatic rings. The van der Waals surface area contributed by atoms with E-state index in [1.807, 2.05) is 36.4 Å². The largest absolute Gasteiger partial charge is 0.352 e. The van der Waals surface area contributed by atoms with Crippen molar-refractivity contribution in [1.82, 2.24) is 15.3 Å². The van der Waals surface area contributed by atoms with Gasteiger partial charge in [0.05, 0.1) is 5.69 Å². The maximum atomic E-state index is 12.3. The van der Waals surface area contributed by atoms with Crippen molar-refractivity contribution >= 4 is 27.8 Å². The molecule has 6 rings (SSSR count). The van der Waals surface area contributed by atoms with Crippen LogP contribution >= 0.6 is 0 Å². The molecule has 2 N–H and O–H groups in total. The van der Waals surface area contributed by atoms with E-state index in [9.17, 15) is 4.79 Å². The quantitative estimate of drug-likeness (QED) is 0.276. The Labute approximate surface area is 209 Å². The van der Waals surface area contributed by atoms with Crippen LogP contribution in [-0.4, -0.2) is 22.4 Å². The van der Waals surface area contributed by atoms with Crippen LogP contribution < -0.4 is 5.32 Å². The highest BCUT2D eigenvalue weighted by Crippen LogP contribution is 2.29. The Morgan fingerprint density at radius 3 is 2.17 bits per heavy atom. The fraction of sp³-hybridized carbons (Fsp3) is 0.0625. The summed E-state index contributed by atoms with van der Waals surface area (Å²) in [6.07, 6.45) is 0.764. The first kappa shape index (κ1) is 21.8. The molecule has 2 heterocycles. The Hall–Kier alpha value is -4.70. The minimum atomic E-state index is -0.0442. The minimum Gasteiger partial charge on any atom is -0.352 e. The topological polar surface area (TPSA) is 57.8 Å². The number of carbonyl (C=O) groups excluding carboxylic acids is 1. The highest BCUT2D eigenvalue weighted by atomic mass is 16.1. The summed E-state index contributed by atoms with van der Waals surface area (Å²) < 4.78 is 0. The van der Waals surface area contributed by atoms with Crippen molar-refractivity contribution in [2.24, 2.45) is 0 Å². The van der Waals surface area contributed by atoms with Crippen LogP contribution in [0.4, 0.5) is 0 Å². The zero-order valence-corrected chi connectivity index (χ0v) is 19.7. The highest BCUT2D eigenvalue weighted by molar-refractivity contribution is 6.06. The summed E-state index contributed by atoms with van der Waals surface area (Å²) >= 11 is 0. The van der Waals surface area contributed by atoms with Gasteiger partial charge in [0.25, 0.3) is 5.91 Å². The number of amides is 1. The lowest BCUT2D eigenvalue weighted by Gasteiger charge is -2.06. The molecule has 1 amide bonds. The van der Waals surface area contributed by atoms with E-state index in [0.29, 0.717) is 12.1 Å². The second kappa shape index (κ2) is 9.51. The van der Waals surface area contributed by atoms with Gasteiger partial charge in [0, 0.05) is 34.0 Å². The fourth-order valence-corrected chi connectivity index (χ4v) is 4.61. The van der Waals surface area contributed by atoms with Crippen molar-refractivity contribution in [2.45, 2.75) is 6.42 Å². The Kier molecular flexibility index (Phi) is 5.76. The second-order valence-corrected chi connectivity index (χ2v) is 8.91. The molecule has 0 spiro atoms. The molecular weight excluding hydrogens is 442 g/mol. The number of hydrogen-bond donors (Lipinski definition) is 2. The van der Waals surface area contributed by atoms with Gasteiger partial charge in [0.15, 0.2) is 0 Å². The van der Waals surface area contributed by atoms with Crippen LogP contribution in [0.15, 0.2) is 115 Å². The van der Waals surface area contributed by atoms with Gasteiger partial charge in [-0.25, -0.2) is 4.98 Å². The Balaban J connectivity index is 1.20. The van der Waals surface area contributed by atoms with E-state index in [1.54, 1.807) is 0 Å². The molecule has 0 unspecified atom stereocenters. The molecule has 6 aromatic rings. The van der Waals surface area contributed by atoms with Crippen molar-refractivity contribution in [2.75, 3.05) is 6.54 Å². The van der Waals surface area contributed by atoms with E-state index < -0.39 is 0 Å². The minimum absolute atomic E-state index is 0.0442. The third kappa shape index (κ3) is 4.37. The molecule has 0 saturated carbocycles. The van der Waals surface area contributed by atoms with Gasteiger partial charge < -0.3 is 10.3 Å². The van der Waals surface area contributed by atoms with Crippen LogP contribution in [0.2, 0.25) is 0 Å². The van der Waals surface area contributed by atoms with Crippen LogP contribution in [0.25, 0.3) is 44.3 Å². The number of pyridine rings is 1. The van der Waals surface area contributed by atoms with Crippen molar-refractivity contribution in [1.29, 1.82) is 0 Å². The SMILES string of the molecule is O=C(NCCc1ccc2[nH]c3nc(-c4ccc(-c5ccccc5)cc4)ccc3c2c1)c1ccccc1. The molecule has 174 valence electrons. The predicted molar refractivity (Wildman–Crippen MR) is 147 cm³/mol. The zero-order chi connectivity index (χ0) is 24.3. The van der Waals surface area contributed by atoms with Gasteiger partial charge >= 0.3 is 0 Å². The van der Waals surface area contributed by atoms with Crippen LogP contribution in [-0.2, 0) is 6.42 Å². The molecule has 4 heteroatoms. The van der Waals surface area contributed by atoms with E-state index >= 15 is 0 Å². The number of aromatic amines is 1. The number of carbonyl (C=O) groups is 1. The molecule has 0 radical (unpaired) electrons. The number of benzene rings is 4. The van der Waals surface area contributed by atoms with E-state index in [4.69, 9.17) is 4.98 Å². The lowest BCUT2D eigenvalue weighted by atomic mass is 10.0. The number of aromatic nitrogens is 2. The molecule has 0 bridgehead atoms. The highest BCUT2D eigenvalue weighted by Gasteiger charge is 2.10. The smallest absolute Gasteiger partial charge is 0.251 e. The maximum Gasteiger partial charge on any atom is 0.251 e. The van der Waals surface area contributed by atoms with Crippen LogP contribution in [0, 0.1) is 0 Å². The van der Waals surface area contributed by atoms with Crippen molar-refractivity contribution < 1.29 is 4.79 Å². The monoisotopic (exact) mass is 467 g/mol. The van der Waals surface area contributed by atoms with Gasteiger partial charge in [-0.15, -0.1) is 0 Å². The summed E-state index contributed by atoms with van der Waals surface area (Å²) in [5, 5.41) is 5.26. The van der Waals surface area contributed by atoms with Gasteiger partial charge in [-0.1, -0.05) is 78.9 Å². The number of fused-ring (bicyclic) bond motifs is 3. The van der Waals surface area contributed by atoms with Crippen LogP contribution in [0.3, 0.4) is 0 Å². The van der Waals surface area contributed by atoms with Gasteiger partial charge in [-0.05, 0) is 59.5 Å². The molecule has 4 aromatic carbocycles. The zero-order valence-electron chi connectivity index (χ0n) is 19.7. The molecular formula is C32H25N3O. The number of H-pyrrole nitrogens is 1. The van der Waals surface area contributed by atoms with Crippen LogP contribution in [0.1, 0.15) is 15.9 Å². The number of hydrogen-bond acceptors (Lipinski definition) is 2. The standard InChI is InChI=1S/C32H25N3O/c36-32(26-9-5-2-6-10-26)33-20-19-22-11-17-30-28(21-22)27-16-18-29(34-31(27)35-30)25-14-12-24(13-15-25)23-7-3-1-4-8-23/h1-18,21H,19-20H2,(H,33,36)(H,34,35). The number of nitrogens with zero attached hydrogens (tertiary/aromatic N) is 1. The molecule has 0 saturated heterocycles. The Morgan fingerprint density at radius 2 is 1.39 bits per heavy atom. The Bertz CT molecular complexity index is 1650. The van der Waals surface area contributed by atoms with Gasteiger partial charge in [0.1, 0.15) is 5.65 Å². The van der Waals surface area contributed by atoms with E-state index in [2.05, 4.69) is 89.2 Å². The summed E-state index contributed by atoms with van der Waals surface area (Å²) in [5.74, 6) is -0.0442. The molecule has 2 aromatic heterocycles. The molecule has 4 nitrogen and oxygen atoms in total. The van der Waals surface area contributed by atoms with Crippen molar-refractivity contribution in [3.63, 3.8) is 0 Å². The molecule has 0 atom stereocenters. The first-order valence-electron chi connectivity index (χ1n) is 12.1. The summed E-state index contributed by atoms with van der Waals surface area (Å²) in [4.78, 5) is 20.7. The van der Waals surface area contributed by atoms with Crippen LogP contribution in [0.5, 0.6) is 0 Å². The van der Waals surface area contributed by atoms with Gasteiger partial charge in [0.2, 0.25) is 0 Å². The normalized spacial score (nSPS) is 11.1. The Morgan fingerprint density at radius 1 is 0.694 bits per heavy atom. The number of nitrogens with one attached hydrogen (secondary N) is 2. The maximum absolute atomic E-state index is 12.3. The summed E-state index contributed by atoms with van der Waals surface area (Å²) in [5.41, 5.74) is 8.23. The third-order valence-electron chi connectivity index (χ3n) is 6.55. The lowest BCUT2D eigenvalue weighted by molar-refractivity contribution is 0.0954. The average molecular weight is 468 g/mol. The third-order valence-corrected chi connectivity index (χ3v) is 6.55. The number of rotatable bonds is 6. The van der Waals surface area contributed by atoms with E-state index in [-0.39, 0.29) is 5.91 Å². The second-order valence-electron chi connectivity index (χ2n) is 8.91. The first-order chi connectivity index (χ1) is 17.7. The molecule has 0 fully saturated rings. The lowest BCUT2D eigenvalue weighted by Crippen LogP contribution is -2.25. The van der Waals surface area contributed by atoms with Gasteiger partial charge in [-0.3, -0.25) is 4.79 Å². The first-order valence-corrected chi connectivity index (χ1v) is 12.1. The summed E-state index contributed by atoms with van der Waals surface area (Å²) in [7, 11) is 0. The van der Waals surface area contributed by atoms with Crippen molar-refractivity contribution in [3.8, 4) is 22.4 Å². The van der Waals surface area contributed by atoms with Crippen molar-refractivity contribution in [3.05, 3.63) is 126 Å².